The van der Waals surface area contributed by atoms with Crippen LogP contribution in [0.5, 0.6) is 5.75 Å². The van der Waals surface area contributed by atoms with Crippen molar-refractivity contribution in [2.24, 2.45) is 0 Å². The second-order valence-corrected chi connectivity index (χ2v) is 8.38. The van der Waals surface area contributed by atoms with Crippen molar-refractivity contribution in [1.82, 2.24) is 0 Å². The molecule has 2 aromatic carbocycles. The van der Waals surface area contributed by atoms with E-state index in [0.717, 1.165) is 0 Å². The minimum atomic E-state index is -3.70. The van der Waals surface area contributed by atoms with Gasteiger partial charge in [0, 0.05) is 6.04 Å². The summed E-state index contributed by atoms with van der Waals surface area (Å²) in [6, 6.07) is 17.5. The van der Waals surface area contributed by atoms with Crippen molar-refractivity contribution >= 4 is 21.7 Å². The van der Waals surface area contributed by atoms with Gasteiger partial charge in [-0.05, 0) is 62.4 Å². The summed E-state index contributed by atoms with van der Waals surface area (Å²) in [5, 5.41) is 8.87. The minimum Gasteiger partial charge on any atom is -0.486 e. The second kappa shape index (κ2) is 8.40. The van der Waals surface area contributed by atoms with Crippen molar-refractivity contribution in [3.05, 3.63) is 78.3 Å². The van der Waals surface area contributed by atoms with Gasteiger partial charge in [-0.1, -0.05) is 18.2 Å². The number of benzene rings is 2. The average molecular weight is 415 g/mol. The van der Waals surface area contributed by atoms with E-state index in [0.29, 0.717) is 17.2 Å². The largest absolute Gasteiger partial charge is 0.486 e. The average Bonchev–Trinajstić information content (AvgIpc) is 3.17. The third-order valence-corrected chi connectivity index (χ3v) is 6.13. The zero-order valence-corrected chi connectivity index (χ0v) is 16.8. The summed E-state index contributed by atoms with van der Waals surface area (Å²) in [5.74, 6) is -0.420. The number of aromatic carboxylic acids is 1. The van der Waals surface area contributed by atoms with Crippen LogP contribution in [0, 0.1) is 0 Å². The Bertz CT molecular complexity index is 1070. The maximum atomic E-state index is 13.1. The summed E-state index contributed by atoms with van der Waals surface area (Å²) in [7, 11) is -3.70. The molecule has 0 saturated heterocycles. The van der Waals surface area contributed by atoms with E-state index in [2.05, 4.69) is 0 Å². The molecule has 1 aromatic heterocycles. The summed E-state index contributed by atoms with van der Waals surface area (Å²) in [6.45, 7) is 3.67. The van der Waals surface area contributed by atoms with Gasteiger partial charge in [-0.25, -0.2) is 13.2 Å². The first-order valence-corrected chi connectivity index (χ1v) is 10.4. The van der Waals surface area contributed by atoms with Crippen LogP contribution in [0.3, 0.4) is 0 Å². The van der Waals surface area contributed by atoms with E-state index >= 15 is 0 Å². The fourth-order valence-corrected chi connectivity index (χ4v) is 4.52. The van der Waals surface area contributed by atoms with Gasteiger partial charge < -0.3 is 14.3 Å². The van der Waals surface area contributed by atoms with E-state index in [1.54, 1.807) is 54.6 Å². The molecule has 0 aliphatic rings. The van der Waals surface area contributed by atoms with Crippen LogP contribution < -0.4 is 9.04 Å². The lowest BCUT2D eigenvalue weighted by atomic mass is 10.2. The molecule has 152 valence electrons. The number of hydrogen-bond acceptors (Lipinski definition) is 5. The molecule has 8 heteroatoms. The van der Waals surface area contributed by atoms with Crippen LogP contribution in [0.15, 0.2) is 76.0 Å². The zero-order valence-electron chi connectivity index (χ0n) is 16.0. The Morgan fingerprint density at radius 2 is 1.69 bits per heavy atom. The second-order valence-electron chi connectivity index (χ2n) is 6.56. The van der Waals surface area contributed by atoms with E-state index in [1.807, 2.05) is 13.8 Å². The molecule has 0 fully saturated rings. The van der Waals surface area contributed by atoms with E-state index < -0.39 is 16.0 Å². The quantitative estimate of drug-likeness (QED) is 0.593. The lowest BCUT2D eigenvalue weighted by Crippen LogP contribution is -2.36. The summed E-state index contributed by atoms with van der Waals surface area (Å²) in [5.41, 5.74) is 0.516. The van der Waals surface area contributed by atoms with Gasteiger partial charge in [0.05, 0.1) is 10.6 Å². The Hall–Kier alpha value is -3.26. The maximum Gasteiger partial charge on any atom is 0.371 e. The number of carboxylic acids is 1. The highest BCUT2D eigenvalue weighted by molar-refractivity contribution is 7.92. The Balaban J connectivity index is 1.77. The SMILES string of the molecule is CC(C)N(c1ccc(OCc2ccc(C(=O)O)o2)cc1)S(=O)(=O)c1ccccc1. The number of sulfonamides is 1. The lowest BCUT2D eigenvalue weighted by molar-refractivity contribution is 0.0658. The van der Waals surface area contributed by atoms with Crippen molar-refractivity contribution < 1.29 is 27.5 Å². The number of rotatable bonds is 8. The summed E-state index contributed by atoms with van der Waals surface area (Å²) < 4.78 is 38.2. The molecule has 3 aromatic rings. The highest BCUT2D eigenvalue weighted by Gasteiger charge is 2.27. The smallest absolute Gasteiger partial charge is 0.371 e. The van der Waals surface area contributed by atoms with Crippen LogP contribution in [0.25, 0.3) is 0 Å². The molecular weight excluding hydrogens is 394 g/mol. The van der Waals surface area contributed by atoms with Crippen molar-refractivity contribution in [3.63, 3.8) is 0 Å². The van der Waals surface area contributed by atoms with Gasteiger partial charge in [0.15, 0.2) is 0 Å². The van der Waals surface area contributed by atoms with E-state index in [9.17, 15) is 13.2 Å². The molecule has 0 atom stereocenters. The number of carboxylic acid groups (broad SMARTS) is 1. The number of hydrogen-bond donors (Lipinski definition) is 1. The van der Waals surface area contributed by atoms with Crippen molar-refractivity contribution in [1.29, 1.82) is 0 Å². The summed E-state index contributed by atoms with van der Waals surface area (Å²) >= 11 is 0. The van der Waals surface area contributed by atoms with Gasteiger partial charge in [-0.15, -0.1) is 0 Å². The molecule has 3 rings (SSSR count). The van der Waals surface area contributed by atoms with Crippen LogP contribution in [0.2, 0.25) is 0 Å². The molecule has 0 aliphatic carbocycles. The number of ether oxygens (including phenoxy) is 1. The number of furan rings is 1. The monoisotopic (exact) mass is 415 g/mol. The number of nitrogens with zero attached hydrogens (tertiary/aromatic N) is 1. The standard InChI is InChI=1S/C21H21NO6S/c1-15(2)22(29(25,26)19-6-4-3-5-7-19)16-8-10-17(11-9-16)27-14-18-12-13-20(28-18)21(23)24/h3-13,15H,14H2,1-2H3,(H,23,24). The van der Waals surface area contributed by atoms with Crippen molar-refractivity contribution in [3.8, 4) is 5.75 Å². The first kappa shape index (κ1) is 20.5. The van der Waals surface area contributed by atoms with Gasteiger partial charge in [0.2, 0.25) is 5.76 Å². The van der Waals surface area contributed by atoms with Gasteiger partial charge >= 0.3 is 5.97 Å². The van der Waals surface area contributed by atoms with Gasteiger partial charge in [-0.2, -0.15) is 0 Å². The van der Waals surface area contributed by atoms with Crippen LogP contribution in [-0.4, -0.2) is 25.5 Å². The third-order valence-electron chi connectivity index (χ3n) is 4.11. The van der Waals surface area contributed by atoms with E-state index in [4.69, 9.17) is 14.3 Å². The highest BCUT2D eigenvalue weighted by Crippen LogP contribution is 2.28. The van der Waals surface area contributed by atoms with Crippen LogP contribution in [0.4, 0.5) is 5.69 Å². The number of anilines is 1. The molecule has 1 heterocycles. The Morgan fingerprint density at radius 1 is 1.03 bits per heavy atom. The van der Waals surface area contributed by atoms with Gasteiger partial charge in [0.25, 0.3) is 10.0 Å². The Morgan fingerprint density at radius 3 is 2.24 bits per heavy atom. The first-order chi connectivity index (χ1) is 13.8. The third kappa shape index (κ3) is 4.60. The topological polar surface area (TPSA) is 97.0 Å². The van der Waals surface area contributed by atoms with Crippen molar-refractivity contribution in [2.75, 3.05) is 4.31 Å². The Labute approximate surface area is 169 Å². The highest BCUT2D eigenvalue weighted by atomic mass is 32.2. The minimum absolute atomic E-state index is 0.0584. The molecule has 0 bridgehead atoms. The molecule has 7 nitrogen and oxygen atoms in total. The predicted octanol–water partition coefficient (Wildman–Crippen LogP) is 4.16. The fraction of sp³-hybridized carbons (Fsp3) is 0.190. The van der Waals surface area contributed by atoms with E-state index in [1.165, 1.54) is 16.4 Å². The Kier molecular flexibility index (Phi) is 5.93. The molecule has 0 amide bonds. The molecule has 0 unspecified atom stereocenters. The predicted molar refractivity (Wildman–Crippen MR) is 108 cm³/mol. The lowest BCUT2D eigenvalue weighted by Gasteiger charge is -2.28. The molecule has 0 saturated carbocycles. The molecule has 1 N–H and O–H groups in total. The zero-order chi connectivity index (χ0) is 21.0. The normalized spacial score (nSPS) is 11.4. The molecule has 0 spiro atoms. The first-order valence-electron chi connectivity index (χ1n) is 8.93. The molecule has 29 heavy (non-hydrogen) atoms. The van der Waals surface area contributed by atoms with Crippen LogP contribution in [0.1, 0.15) is 30.2 Å². The number of carbonyl (C=O) groups is 1. The molecular formula is C21H21NO6S. The van der Waals surface area contributed by atoms with Gasteiger partial charge in [0.1, 0.15) is 18.1 Å². The van der Waals surface area contributed by atoms with E-state index in [-0.39, 0.29) is 23.3 Å². The summed E-state index contributed by atoms with van der Waals surface area (Å²) in [4.78, 5) is 11.1. The summed E-state index contributed by atoms with van der Waals surface area (Å²) in [6.07, 6.45) is 0. The van der Waals surface area contributed by atoms with Crippen LogP contribution in [-0.2, 0) is 16.6 Å². The fourth-order valence-electron chi connectivity index (χ4n) is 2.83. The maximum absolute atomic E-state index is 13.1. The molecule has 0 aliphatic heterocycles. The van der Waals surface area contributed by atoms with Crippen LogP contribution >= 0.6 is 0 Å². The van der Waals surface area contributed by atoms with Crippen molar-refractivity contribution in [2.45, 2.75) is 31.4 Å². The molecule has 0 radical (unpaired) electrons. The van der Waals surface area contributed by atoms with Gasteiger partial charge in [-0.3, -0.25) is 4.31 Å².